The lowest BCUT2D eigenvalue weighted by Crippen LogP contribution is -2.02. The van der Waals surface area contributed by atoms with Gasteiger partial charge in [0.25, 0.3) is 0 Å². The van der Waals surface area contributed by atoms with Gasteiger partial charge in [0.15, 0.2) is 0 Å². The Hall–Kier alpha value is -9.63. The lowest BCUT2D eigenvalue weighted by atomic mass is 9.82. The van der Waals surface area contributed by atoms with E-state index in [4.69, 9.17) is 6.42 Å². The van der Waals surface area contributed by atoms with Crippen molar-refractivity contribution < 1.29 is 0 Å². The van der Waals surface area contributed by atoms with Crippen LogP contribution >= 0.6 is 0 Å². The molecule has 0 amide bonds. The van der Waals surface area contributed by atoms with Crippen molar-refractivity contribution in [2.75, 3.05) is 0 Å². The summed E-state index contributed by atoms with van der Waals surface area (Å²) in [6, 6.07) is 61.9. The molecule has 7 heteroatoms. The van der Waals surface area contributed by atoms with Crippen LogP contribution in [0.2, 0.25) is 0 Å². The van der Waals surface area contributed by atoms with Crippen molar-refractivity contribution in [3.05, 3.63) is 191 Å². The van der Waals surface area contributed by atoms with Gasteiger partial charge in [0, 0.05) is 60.7 Å². The van der Waals surface area contributed by atoms with Gasteiger partial charge in [-0.05, 0) is 83.9 Å². The predicted octanol–water partition coefficient (Wildman–Crippen LogP) is 12.2. The Bertz CT molecular complexity index is 3680. The van der Waals surface area contributed by atoms with Crippen LogP contribution in [-0.2, 0) is 0 Å². The van der Waals surface area contributed by atoms with Crippen molar-refractivity contribution in [2.24, 2.45) is 0 Å². The molecule has 0 bridgehead atoms. The average Bonchev–Trinajstić information content (AvgIpc) is 3.86. The Labute approximate surface area is 356 Å². The van der Waals surface area contributed by atoms with Crippen LogP contribution in [0.3, 0.4) is 0 Å². The third-order valence-corrected chi connectivity index (χ3v) is 11.5. The van der Waals surface area contributed by atoms with E-state index in [1.54, 1.807) is 12.1 Å². The summed E-state index contributed by atoms with van der Waals surface area (Å²) in [5.41, 5.74) is 10.2. The maximum Gasteiger partial charge on any atom is 0.0999 e. The highest BCUT2D eigenvalue weighted by Gasteiger charge is 2.29. The molecule has 8 aromatic carbocycles. The van der Waals surface area contributed by atoms with Crippen molar-refractivity contribution in [3.63, 3.8) is 0 Å². The lowest BCUT2D eigenvalue weighted by Gasteiger charge is -2.21. The van der Waals surface area contributed by atoms with Crippen molar-refractivity contribution in [2.45, 2.75) is 0 Å². The van der Waals surface area contributed by atoms with Gasteiger partial charge in [-0.2, -0.15) is 26.3 Å². The number of aromatic nitrogens is 2. The minimum Gasteiger partial charge on any atom is -0.309 e. The Morgan fingerprint density at radius 1 is 0.387 bits per heavy atom. The van der Waals surface area contributed by atoms with Crippen LogP contribution in [-0.4, -0.2) is 9.13 Å². The molecule has 7 nitrogen and oxygen atoms in total. The number of benzene rings is 8. The molecular weight excluding hydrogens is 759 g/mol. The molecule has 10 rings (SSSR count). The first kappa shape index (κ1) is 36.7. The Morgan fingerprint density at radius 2 is 0.855 bits per heavy atom. The van der Waals surface area contributed by atoms with Crippen LogP contribution in [0.1, 0.15) is 33.4 Å². The second-order valence-electron chi connectivity index (χ2n) is 14.8. The first-order valence-corrected chi connectivity index (χ1v) is 19.6. The van der Waals surface area contributed by atoms with E-state index in [1.807, 2.05) is 97.1 Å². The third kappa shape index (κ3) is 5.50. The Kier molecular flexibility index (Phi) is 8.66. The maximum absolute atomic E-state index is 10.8. The molecule has 0 atom stereocenters. The Morgan fingerprint density at radius 3 is 1.39 bits per heavy atom. The number of nitrogens with zero attached hydrogens (tertiary/aromatic N) is 7. The summed E-state index contributed by atoms with van der Waals surface area (Å²) in [6.07, 6.45) is 6.29. The van der Waals surface area contributed by atoms with E-state index >= 15 is 0 Å². The Balaban J connectivity index is 1.41. The van der Waals surface area contributed by atoms with Crippen molar-refractivity contribution in [3.8, 4) is 87.4 Å². The molecule has 0 aliphatic heterocycles. The standard InChI is InChI=1S/C55H27N7/c1-2-36-24-34(29-56)27-40(33-60)52(36)53-46(37-20-22-42(23-21-37)61-48-17-9-6-14-43(48)44-15-7-10-18-49(44)61)28-47(51-38(31-58)25-35(30-57)26-39(51)32-59)55-54(53)45-16-8-11-19-50(45)62(55)41-12-4-3-5-13-41/h1,3-28H. The number of fused-ring (bicyclic) bond motifs is 6. The van der Waals surface area contributed by atoms with Gasteiger partial charge < -0.3 is 9.13 Å². The fraction of sp³-hybridized carbons (Fsp3) is 0. The summed E-state index contributed by atoms with van der Waals surface area (Å²) >= 11 is 0. The SMILES string of the molecule is C#Cc1cc(C#N)cc(C#N)c1-c1c(-c2ccc(-n3c4ccccc4c4ccccc43)cc2)cc(-c2c(C#N)cc(C#N)cc2C#N)c2c1c1ccccc1n2-c1ccccc1. The van der Waals surface area contributed by atoms with Crippen molar-refractivity contribution in [1.29, 1.82) is 26.3 Å². The first-order valence-electron chi connectivity index (χ1n) is 19.6. The zero-order valence-electron chi connectivity index (χ0n) is 32.7. The van der Waals surface area contributed by atoms with Gasteiger partial charge in [0.2, 0.25) is 0 Å². The van der Waals surface area contributed by atoms with E-state index in [1.165, 1.54) is 12.1 Å². The molecule has 0 aliphatic rings. The number of rotatable bonds is 5. The van der Waals surface area contributed by atoms with E-state index < -0.39 is 0 Å². The highest BCUT2D eigenvalue weighted by Crippen LogP contribution is 2.50. The maximum atomic E-state index is 10.8. The largest absolute Gasteiger partial charge is 0.309 e. The van der Waals surface area contributed by atoms with E-state index in [-0.39, 0.29) is 27.8 Å². The number of hydrogen-bond donors (Lipinski definition) is 0. The molecule has 10 aromatic rings. The molecule has 2 heterocycles. The molecular formula is C55H27N7. The second-order valence-corrected chi connectivity index (χ2v) is 14.8. The van der Waals surface area contributed by atoms with Crippen LogP contribution in [0, 0.1) is 69.0 Å². The third-order valence-electron chi connectivity index (χ3n) is 11.5. The summed E-state index contributed by atoms with van der Waals surface area (Å²) in [5, 5.41) is 56.1. The van der Waals surface area contributed by atoms with Gasteiger partial charge in [-0.15, -0.1) is 6.42 Å². The van der Waals surface area contributed by atoms with E-state index in [2.05, 4.69) is 81.8 Å². The van der Waals surface area contributed by atoms with Crippen LogP contribution < -0.4 is 0 Å². The molecule has 0 unspecified atom stereocenters. The predicted molar refractivity (Wildman–Crippen MR) is 243 cm³/mol. The zero-order chi connectivity index (χ0) is 42.5. The normalized spacial score (nSPS) is 10.8. The summed E-state index contributed by atoms with van der Waals surface area (Å²) in [6.45, 7) is 0. The second kappa shape index (κ2) is 14.6. The van der Waals surface area contributed by atoms with Crippen LogP contribution in [0.4, 0.5) is 0 Å². The fourth-order valence-electron chi connectivity index (χ4n) is 9.03. The lowest BCUT2D eigenvalue weighted by molar-refractivity contribution is 1.18. The summed E-state index contributed by atoms with van der Waals surface area (Å²) in [5.74, 6) is 2.80. The number of terminal acetylenes is 1. The van der Waals surface area contributed by atoms with E-state index in [0.717, 1.165) is 55.0 Å². The minimum absolute atomic E-state index is 0.160. The minimum atomic E-state index is 0.160. The topological polar surface area (TPSA) is 129 Å². The first-order chi connectivity index (χ1) is 30.5. The molecule has 0 saturated heterocycles. The van der Waals surface area contributed by atoms with Crippen LogP contribution in [0.15, 0.2) is 158 Å². The number of nitriles is 5. The molecule has 2 aromatic heterocycles. The molecule has 62 heavy (non-hydrogen) atoms. The molecule has 0 saturated carbocycles. The summed E-state index contributed by atoms with van der Waals surface area (Å²) in [4.78, 5) is 0. The summed E-state index contributed by atoms with van der Waals surface area (Å²) in [7, 11) is 0. The van der Waals surface area contributed by atoms with Crippen LogP contribution in [0.5, 0.6) is 0 Å². The van der Waals surface area contributed by atoms with Gasteiger partial charge in [0.1, 0.15) is 0 Å². The van der Waals surface area contributed by atoms with Gasteiger partial charge in [-0.1, -0.05) is 90.8 Å². The highest BCUT2D eigenvalue weighted by atomic mass is 15.0. The smallest absolute Gasteiger partial charge is 0.0999 e. The molecule has 0 aliphatic carbocycles. The van der Waals surface area contributed by atoms with E-state index in [9.17, 15) is 26.3 Å². The number of para-hydroxylation sites is 4. The van der Waals surface area contributed by atoms with Crippen molar-refractivity contribution in [1.82, 2.24) is 9.13 Å². The molecule has 0 radical (unpaired) electrons. The monoisotopic (exact) mass is 785 g/mol. The fourth-order valence-corrected chi connectivity index (χ4v) is 9.03. The van der Waals surface area contributed by atoms with Crippen molar-refractivity contribution >= 4 is 43.6 Å². The van der Waals surface area contributed by atoms with Gasteiger partial charge in [-0.25, -0.2) is 0 Å². The van der Waals surface area contributed by atoms with Crippen LogP contribution in [0.25, 0.3) is 88.4 Å². The van der Waals surface area contributed by atoms with Gasteiger partial charge in [-0.3, -0.25) is 0 Å². The molecule has 0 N–H and O–H groups in total. The molecule has 0 fully saturated rings. The number of hydrogen-bond acceptors (Lipinski definition) is 5. The van der Waals surface area contributed by atoms with Gasteiger partial charge in [0.05, 0.1) is 80.2 Å². The molecule has 0 spiro atoms. The average molecular weight is 786 g/mol. The zero-order valence-corrected chi connectivity index (χ0v) is 32.7. The summed E-state index contributed by atoms with van der Waals surface area (Å²) < 4.78 is 4.34. The quantitative estimate of drug-likeness (QED) is 0.160. The molecule has 282 valence electrons. The van der Waals surface area contributed by atoms with E-state index in [0.29, 0.717) is 38.9 Å². The van der Waals surface area contributed by atoms with Gasteiger partial charge >= 0.3 is 0 Å². The highest BCUT2D eigenvalue weighted by molar-refractivity contribution is 6.23.